The first kappa shape index (κ1) is 27.6. The van der Waals surface area contributed by atoms with E-state index >= 15 is 0 Å². The van der Waals surface area contributed by atoms with Crippen LogP contribution in [-0.4, -0.2) is 19.6 Å². The van der Waals surface area contributed by atoms with Crippen LogP contribution in [0.1, 0.15) is 0 Å². The van der Waals surface area contributed by atoms with E-state index < -0.39 is 0 Å². The van der Waals surface area contributed by atoms with Crippen LogP contribution >= 0.6 is 22.9 Å². The summed E-state index contributed by atoms with van der Waals surface area (Å²) in [5, 5.41) is 11.2. The maximum atomic E-state index is 14.0. The molecule has 9 heteroatoms. The number of nitrogens with zero attached hydrogens (tertiary/aromatic N) is 5. The van der Waals surface area contributed by atoms with E-state index in [1.54, 1.807) is 33.6 Å². The molecule has 0 bridgehead atoms. The van der Waals surface area contributed by atoms with E-state index in [0.29, 0.717) is 26.3 Å². The van der Waals surface area contributed by atoms with Crippen molar-refractivity contribution < 1.29 is 8.78 Å². The first-order chi connectivity index (χ1) is 21.5. The Kier molecular flexibility index (Phi) is 7.43. The summed E-state index contributed by atoms with van der Waals surface area (Å²) in [6.07, 6.45) is 0. The number of hydrogen-bond donors (Lipinski definition) is 0. The quantitative estimate of drug-likeness (QED) is 0.187. The molecule has 7 rings (SSSR count). The van der Waals surface area contributed by atoms with Crippen molar-refractivity contribution in [2.75, 3.05) is 0 Å². The highest BCUT2D eigenvalue weighted by Gasteiger charge is 2.23. The maximum absolute atomic E-state index is 14.0. The Morgan fingerprint density at radius 1 is 0.568 bits per heavy atom. The van der Waals surface area contributed by atoms with Gasteiger partial charge < -0.3 is 0 Å². The lowest BCUT2D eigenvalue weighted by Crippen LogP contribution is -2.14. The van der Waals surface area contributed by atoms with Crippen LogP contribution in [0.25, 0.3) is 44.3 Å². The summed E-state index contributed by atoms with van der Waals surface area (Å²) in [7, 11) is 0. The van der Waals surface area contributed by atoms with E-state index in [9.17, 15) is 8.78 Å². The smallest absolute Gasteiger partial charge is 0.214 e. The van der Waals surface area contributed by atoms with Gasteiger partial charge in [0.05, 0.1) is 16.9 Å². The van der Waals surface area contributed by atoms with E-state index in [4.69, 9.17) is 26.8 Å². The van der Waals surface area contributed by atoms with Crippen molar-refractivity contribution in [3.05, 3.63) is 155 Å². The lowest BCUT2D eigenvalue weighted by atomic mass is 10.0. The van der Waals surface area contributed by atoms with Gasteiger partial charge >= 0.3 is 0 Å². The fourth-order valence-electron chi connectivity index (χ4n) is 4.84. The second kappa shape index (κ2) is 11.8. The highest BCUT2D eigenvalue weighted by Crippen LogP contribution is 2.41. The Morgan fingerprint density at radius 3 is 1.68 bits per heavy atom. The van der Waals surface area contributed by atoms with Crippen LogP contribution in [-0.2, 0) is 0 Å². The van der Waals surface area contributed by atoms with Gasteiger partial charge in [0.1, 0.15) is 22.3 Å². The molecule has 0 radical (unpaired) electrons. The van der Waals surface area contributed by atoms with Gasteiger partial charge in [-0.05, 0) is 90.5 Å². The van der Waals surface area contributed by atoms with E-state index in [0.717, 1.165) is 33.6 Å². The lowest BCUT2D eigenvalue weighted by Gasteiger charge is -2.07. The van der Waals surface area contributed by atoms with Gasteiger partial charge in [-0.3, -0.25) is 0 Å². The third-order valence-electron chi connectivity index (χ3n) is 6.97. The molecule has 0 fully saturated rings. The monoisotopic (exact) mass is 617 g/mol. The zero-order chi connectivity index (χ0) is 30.0. The normalized spacial score (nSPS) is 11.7. The third-order valence-corrected chi connectivity index (χ3v) is 8.18. The van der Waals surface area contributed by atoms with Crippen molar-refractivity contribution in [1.82, 2.24) is 19.6 Å². The van der Waals surface area contributed by atoms with Crippen molar-refractivity contribution in [2.24, 2.45) is 4.99 Å². The van der Waals surface area contributed by atoms with Crippen molar-refractivity contribution >= 4 is 28.8 Å². The molecule has 5 aromatic carbocycles. The summed E-state index contributed by atoms with van der Waals surface area (Å²) in [5.41, 5.74) is 5.32. The fourth-order valence-corrected chi connectivity index (χ4v) is 5.88. The SMILES string of the molecule is Fc1ccc(-c2nn(-c3ccccc3)c(=Nc3c(-c4ccc(Cl)cc4)c(-c4ccc(F)cc4)nn3-c3ccccc3)s2)cc1. The Bertz CT molecular complexity index is 2120. The molecule has 44 heavy (non-hydrogen) atoms. The zero-order valence-electron chi connectivity index (χ0n) is 23.0. The molecule has 0 amide bonds. The minimum absolute atomic E-state index is 0.321. The van der Waals surface area contributed by atoms with Crippen molar-refractivity contribution in [1.29, 1.82) is 0 Å². The Morgan fingerprint density at radius 2 is 1.09 bits per heavy atom. The Balaban J connectivity index is 1.56. The second-order valence-electron chi connectivity index (χ2n) is 9.86. The molecule has 2 heterocycles. The van der Waals surface area contributed by atoms with Gasteiger partial charge in [-0.1, -0.05) is 71.5 Å². The van der Waals surface area contributed by atoms with Gasteiger partial charge in [0.25, 0.3) is 0 Å². The number of benzene rings is 5. The molecule has 0 aliphatic heterocycles. The molecule has 0 atom stereocenters. The number of aromatic nitrogens is 4. The fraction of sp³-hybridized carbons (Fsp3) is 0. The predicted molar refractivity (Wildman–Crippen MR) is 171 cm³/mol. The standard InChI is InChI=1S/C35H22ClF2N5S/c36-26-17-11-23(12-18-26)31-32(24-13-19-27(37)20-14-24)40-42(29-7-3-1-4-8-29)33(31)39-35-43(30-9-5-2-6-10-30)41-34(44-35)25-15-21-28(38)22-16-25/h1-22H. The van der Waals surface area contributed by atoms with E-state index in [-0.39, 0.29) is 11.6 Å². The molecule has 0 aliphatic rings. The molecule has 0 unspecified atom stereocenters. The summed E-state index contributed by atoms with van der Waals surface area (Å²) < 4.78 is 31.3. The van der Waals surface area contributed by atoms with Crippen LogP contribution in [0.2, 0.25) is 5.02 Å². The first-order valence-electron chi connectivity index (χ1n) is 13.7. The van der Waals surface area contributed by atoms with Crippen LogP contribution in [0.4, 0.5) is 14.6 Å². The van der Waals surface area contributed by atoms with Crippen molar-refractivity contribution in [3.8, 4) is 44.3 Å². The van der Waals surface area contributed by atoms with Crippen LogP contribution in [0.5, 0.6) is 0 Å². The van der Waals surface area contributed by atoms with Gasteiger partial charge in [-0.2, -0.15) is 15.2 Å². The minimum Gasteiger partial charge on any atom is -0.214 e. The van der Waals surface area contributed by atoms with Crippen LogP contribution in [0.15, 0.2) is 138 Å². The Labute approximate surface area is 260 Å². The average Bonchev–Trinajstić information content (AvgIpc) is 3.65. The highest BCUT2D eigenvalue weighted by atomic mass is 35.5. The summed E-state index contributed by atoms with van der Waals surface area (Å²) in [5.74, 6) is -0.105. The van der Waals surface area contributed by atoms with Gasteiger partial charge in [-0.25, -0.2) is 18.1 Å². The second-order valence-corrected chi connectivity index (χ2v) is 11.3. The minimum atomic E-state index is -0.337. The molecular weight excluding hydrogens is 596 g/mol. The zero-order valence-corrected chi connectivity index (χ0v) is 24.6. The van der Waals surface area contributed by atoms with E-state index in [1.165, 1.54) is 35.6 Å². The number of rotatable bonds is 6. The molecule has 0 N–H and O–H groups in total. The number of halogens is 3. The maximum Gasteiger partial charge on any atom is 0.214 e. The highest BCUT2D eigenvalue weighted by molar-refractivity contribution is 7.12. The van der Waals surface area contributed by atoms with Gasteiger partial charge in [0, 0.05) is 16.1 Å². The summed E-state index contributed by atoms with van der Waals surface area (Å²) in [6, 6.07) is 39.4. The molecule has 7 aromatic rings. The van der Waals surface area contributed by atoms with Gasteiger partial charge in [-0.15, -0.1) is 0 Å². The van der Waals surface area contributed by atoms with E-state index in [1.807, 2.05) is 84.9 Å². The topological polar surface area (TPSA) is 48.0 Å². The molecule has 0 saturated heterocycles. The van der Waals surface area contributed by atoms with Crippen LogP contribution in [0.3, 0.4) is 0 Å². The Hall–Kier alpha value is -5.18. The molecular formula is C35H22ClF2N5S. The van der Waals surface area contributed by atoms with Crippen molar-refractivity contribution in [3.63, 3.8) is 0 Å². The number of para-hydroxylation sites is 2. The summed E-state index contributed by atoms with van der Waals surface area (Å²) in [4.78, 5) is 5.84. The summed E-state index contributed by atoms with van der Waals surface area (Å²) >= 11 is 7.66. The third kappa shape index (κ3) is 5.48. The van der Waals surface area contributed by atoms with Crippen LogP contribution in [0, 0.1) is 11.6 Å². The van der Waals surface area contributed by atoms with Crippen LogP contribution < -0.4 is 4.80 Å². The van der Waals surface area contributed by atoms with Gasteiger partial charge in [0.2, 0.25) is 4.80 Å². The largest absolute Gasteiger partial charge is 0.214 e. The molecule has 0 saturated carbocycles. The van der Waals surface area contributed by atoms with Gasteiger partial charge in [0.15, 0.2) is 5.82 Å². The molecule has 214 valence electrons. The predicted octanol–water partition coefficient (Wildman–Crippen LogP) is 9.28. The summed E-state index contributed by atoms with van der Waals surface area (Å²) in [6.45, 7) is 0. The molecule has 5 nitrogen and oxygen atoms in total. The molecule has 2 aromatic heterocycles. The first-order valence-corrected chi connectivity index (χ1v) is 14.9. The number of hydrogen-bond acceptors (Lipinski definition) is 4. The lowest BCUT2D eigenvalue weighted by molar-refractivity contribution is 0.627. The molecule has 0 aliphatic carbocycles. The average molecular weight is 618 g/mol. The van der Waals surface area contributed by atoms with E-state index in [2.05, 4.69) is 0 Å². The molecule has 0 spiro atoms. The van der Waals surface area contributed by atoms with Crippen molar-refractivity contribution in [2.45, 2.75) is 0 Å².